The summed E-state index contributed by atoms with van der Waals surface area (Å²) in [5.74, 6) is -1.36. The molecule has 2 aliphatic rings. The van der Waals surface area contributed by atoms with Crippen molar-refractivity contribution in [3.05, 3.63) is 29.3 Å². The normalized spacial score (nSPS) is 25.8. The molecule has 3 nitrogen and oxygen atoms in total. The highest BCUT2D eigenvalue weighted by atomic mass is 19.2. The number of rotatable bonds is 9. The number of unbranched alkanes of at least 4 members (excludes halogenated alkanes) is 4. The van der Waals surface area contributed by atoms with Gasteiger partial charge in [-0.1, -0.05) is 58.3 Å². The Kier molecular flexibility index (Phi) is 9.51. The van der Waals surface area contributed by atoms with E-state index in [9.17, 15) is 13.6 Å². The van der Waals surface area contributed by atoms with Crippen LogP contribution in [-0.4, -0.2) is 5.97 Å². The SMILES string of the molecule is CCCCCCCC1CCC(C2CCC(C(=O)Oc3ccc(C#N)c(F)c3F)CC2)CC1. The summed E-state index contributed by atoms with van der Waals surface area (Å²) in [6.07, 6.45) is 17.1. The molecule has 32 heavy (non-hydrogen) atoms. The molecule has 0 aliphatic heterocycles. The zero-order chi connectivity index (χ0) is 22.9. The Morgan fingerprint density at radius 1 is 0.938 bits per heavy atom. The van der Waals surface area contributed by atoms with Crippen molar-refractivity contribution in [2.45, 2.75) is 96.8 Å². The minimum atomic E-state index is -1.27. The van der Waals surface area contributed by atoms with Crippen molar-refractivity contribution < 1.29 is 18.3 Å². The van der Waals surface area contributed by atoms with Crippen molar-refractivity contribution in [2.75, 3.05) is 0 Å². The van der Waals surface area contributed by atoms with Gasteiger partial charge in [-0.25, -0.2) is 4.39 Å². The van der Waals surface area contributed by atoms with Gasteiger partial charge in [-0.05, 0) is 68.4 Å². The van der Waals surface area contributed by atoms with Gasteiger partial charge in [0.05, 0.1) is 11.5 Å². The van der Waals surface area contributed by atoms with Crippen LogP contribution in [0.3, 0.4) is 0 Å². The van der Waals surface area contributed by atoms with Gasteiger partial charge < -0.3 is 4.74 Å². The van der Waals surface area contributed by atoms with Crippen LogP contribution in [-0.2, 0) is 4.79 Å². The molecule has 0 heterocycles. The van der Waals surface area contributed by atoms with Gasteiger partial charge >= 0.3 is 5.97 Å². The van der Waals surface area contributed by atoms with E-state index < -0.39 is 28.9 Å². The highest BCUT2D eigenvalue weighted by Crippen LogP contribution is 2.42. The molecule has 3 rings (SSSR count). The first-order valence-electron chi connectivity index (χ1n) is 12.6. The molecule has 0 N–H and O–H groups in total. The summed E-state index contributed by atoms with van der Waals surface area (Å²) in [7, 11) is 0. The number of ether oxygens (including phenoxy) is 1. The van der Waals surface area contributed by atoms with Gasteiger partial charge in [-0.3, -0.25) is 4.79 Å². The molecule has 2 aliphatic carbocycles. The zero-order valence-electron chi connectivity index (χ0n) is 19.4. The molecule has 0 unspecified atom stereocenters. The van der Waals surface area contributed by atoms with Gasteiger partial charge in [-0.15, -0.1) is 0 Å². The number of carbonyl (C=O) groups excluding carboxylic acids is 1. The topological polar surface area (TPSA) is 50.1 Å². The van der Waals surface area contributed by atoms with E-state index in [0.29, 0.717) is 5.92 Å². The van der Waals surface area contributed by atoms with Crippen molar-refractivity contribution in [2.24, 2.45) is 23.7 Å². The fourth-order valence-electron chi connectivity index (χ4n) is 5.70. The first-order valence-corrected chi connectivity index (χ1v) is 12.6. The Bertz CT molecular complexity index is 788. The van der Waals surface area contributed by atoms with Gasteiger partial charge in [0.25, 0.3) is 0 Å². The van der Waals surface area contributed by atoms with E-state index in [1.165, 1.54) is 64.2 Å². The molecule has 1 aromatic carbocycles. The third kappa shape index (κ3) is 6.53. The van der Waals surface area contributed by atoms with Crippen molar-refractivity contribution in [3.63, 3.8) is 0 Å². The minimum Gasteiger partial charge on any atom is -0.423 e. The third-order valence-electron chi connectivity index (χ3n) is 7.76. The lowest BCUT2D eigenvalue weighted by molar-refractivity contribution is -0.140. The summed E-state index contributed by atoms with van der Waals surface area (Å²) < 4.78 is 33.0. The Morgan fingerprint density at radius 2 is 1.56 bits per heavy atom. The Hall–Kier alpha value is -1.96. The molecule has 0 spiro atoms. The lowest BCUT2D eigenvalue weighted by Crippen LogP contribution is -2.30. The van der Waals surface area contributed by atoms with E-state index >= 15 is 0 Å². The Morgan fingerprint density at radius 3 is 2.19 bits per heavy atom. The molecular weight excluding hydrogens is 408 g/mol. The molecule has 2 fully saturated rings. The Balaban J connectivity index is 1.39. The number of nitriles is 1. The summed E-state index contributed by atoms with van der Waals surface area (Å²) >= 11 is 0. The number of benzene rings is 1. The molecule has 0 bridgehead atoms. The highest BCUT2D eigenvalue weighted by Gasteiger charge is 2.34. The maximum absolute atomic E-state index is 14.0. The molecule has 0 saturated heterocycles. The van der Waals surface area contributed by atoms with Gasteiger partial charge in [0, 0.05) is 0 Å². The van der Waals surface area contributed by atoms with E-state index in [4.69, 9.17) is 10.00 Å². The number of halogens is 2. The third-order valence-corrected chi connectivity index (χ3v) is 7.76. The predicted octanol–water partition coefficient (Wildman–Crippen LogP) is 7.72. The second-order valence-corrected chi connectivity index (χ2v) is 9.87. The van der Waals surface area contributed by atoms with Crippen LogP contribution in [0.25, 0.3) is 0 Å². The van der Waals surface area contributed by atoms with Crippen molar-refractivity contribution in [3.8, 4) is 11.8 Å². The summed E-state index contributed by atoms with van der Waals surface area (Å²) in [6, 6.07) is 3.87. The first-order chi connectivity index (χ1) is 15.5. The summed E-state index contributed by atoms with van der Waals surface area (Å²) in [5.41, 5.74) is -0.394. The molecule has 0 aromatic heterocycles. The van der Waals surface area contributed by atoms with Crippen LogP contribution in [0.2, 0.25) is 0 Å². The standard InChI is InChI=1S/C27H37F2NO2/c1-2-3-4-5-6-7-19-8-10-20(11-9-19)21-12-14-22(15-13-21)27(31)32-24-17-16-23(18-30)25(28)26(24)29/h16-17,19-22H,2-15H2,1H3. The Labute approximate surface area is 191 Å². The first kappa shape index (κ1) is 24.7. The molecule has 1 aromatic rings. The maximum atomic E-state index is 14.0. The van der Waals surface area contributed by atoms with Crippen LogP contribution in [0.5, 0.6) is 5.75 Å². The number of esters is 1. The van der Waals surface area contributed by atoms with Crippen LogP contribution in [0.15, 0.2) is 12.1 Å². The van der Waals surface area contributed by atoms with Crippen molar-refractivity contribution in [1.29, 1.82) is 5.26 Å². The van der Waals surface area contributed by atoms with Crippen LogP contribution < -0.4 is 4.74 Å². The van der Waals surface area contributed by atoms with E-state index in [-0.39, 0.29) is 5.92 Å². The fourth-order valence-corrected chi connectivity index (χ4v) is 5.70. The number of carbonyl (C=O) groups is 1. The second-order valence-electron chi connectivity index (χ2n) is 9.87. The van der Waals surface area contributed by atoms with Crippen LogP contribution >= 0.6 is 0 Å². The quantitative estimate of drug-likeness (QED) is 0.222. The number of nitrogens with zero attached hydrogens (tertiary/aromatic N) is 1. The van der Waals surface area contributed by atoms with E-state index in [1.807, 2.05) is 0 Å². The summed E-state index contributed by atoms with van der Waals surface area (Å²) in [6.45, 7) is 2.26. The molecule has 0 amide bonds. The highest BCUT2D eigenvalue weighted by molar-refractivity contribution is 5.75. The average molecular weight is 446 g/mol. The second kappa shape index (κ2) is 12.3. The lowest BCUT2D eigenvalue weighted by atomic mass is 9.68. The zero-order valence-corrected chi connectivity index (χ0v) is 19.4. The van der Waals surface area contributed by atoms with Crippen LogP contribution in [0.4, 0.5) is 8.78 Å². The molecule has 0 atom stereocenters. The largest absolute Gasteiger partial charge is 0.423 e. The predicted molar refractivity (Wildman–Crippen MR) is 121 cm³/mol. The van der Waals surface area contributed by atoms with Gasteiger partial charge in [0.15, 0.2) is 11.6 Å². The molecule has 5 heteroatoms. The van der Waals surface area contributed by atoms with Crippen molar-refractivity contribution in [1.82, 2.24) is 0 Å². The van der Waals surface area contributed by atoms with Gasteiger partial charge in [0.2, 0.25) is 5.82 Å². The number of hydrogen-bond donors (Lipinski definition) is 0. The molecule has 176 valence electrons. The van der Waals surface area contributed by atoms with E-state index in [1.54, 1.807) is 6.07 Å². The van der Waals surface area contributed by atoms with Crippen LogP contribution in [0.1, 0.15) is 102 Å². The minimum absolute atomic E-state index is 0.260. The van der Waals surface area contributed by atoms with E-state index in [2.05, 4.69) is 6.92 Å². The van der Waals surface area contributed by atoms with Crippen LogP contribution in [0, 0.1) is 46.6 Å². The average Bonchev–Trinajstić information content (AvgIpc) is 2.82. The number of hydrogen-bond acceptors (Lipinski definition) is 3. The molecule has 0 radical (unpaired) electrons. The molecule has 2 saturated carbocycles. The smallest absolute Gasteiger partial charge is 0.314 e. The lowest BCUT2D eigenvalue weighted by Gasteiger charge is -2.37. The monoisotopic (exact) mass is 445 g/mol. The fraction of sp³-hybridized carbons (Fsp3) is 0.704. The van der Waals surface area contributed by atoms with Gasteiger partial charge in [-0.2, -0.15) is 9.65 Å². The summed E-state index contributed by atoms with van der Waals surface area (Å²) in [5, 5.41) is 8.77. The maximum Gasteiger partial charge on any atom is 0.314 e. The van der Waals surface area contributed by atoms with Crippen molar-refractivity contribution >= 4 is 5.97 Å². The van der Waals surface area contributed by atoms with Gasteiger partial charge in [0.1, 0.15) is 6.07 Å². The summed E-state index contributed by atoms with van der Waals surface area (Å²) in [4.78, 5) is 12.5. The molecular formula is C27H37F2NO2. The van der Waals surface area contributed by atoms with E-state index in [0.717, 1.165) is 49.7 Å².